The van der Waals surface area contributed by atoms with E-state index in [0.717, 1.165) is 5.56 Å². The fourth-order valence-corrected chi connectivity index (χ4v) is 3.26. The van der Waals surface area contributed by atoms with Gasteiger partial charge in [0.25, 0.3) is 0 Å². The van der Waals surface area contributed by atoms with Crippen LogP contribution in [0, 0.1) is 23.1 Å². The van der Waals surface area contributed by atoms with Crippen molar-refractivity contribution in [1.29, 1.82) is 5.26 Å². The van der Waals surface area contributed by atoms with Gasteiger partial charge >= 0.3 is 0 Å². The van der Waals surface area contributed by atoms with E-state index >= 15 is 0 Å². The van der Waals surface area contributed by atoms with E-state index in [2.05, 4.69) is 16.3 Å². The molecule has 0 aliphatic carbocycles. The number of rotatable bonds is 6. The molecule has 6 heteroatoms. The van der Waals surface area contributed by atoms with Crippen LogP contribution in [0.1, 0.15) is 12.5 Å². The summed E-state index contributed by atoms with van der Waals surface area (Å²) in [6, 6.07) is 18.7. The zero-order chi connectivity index (χ0) is 17.6. The Kier molecular flexibility index (Phi) is 5.46. The van der Waals surface area contributed by atoms with Crippen molar-refractivity contribution in [1.82, 2.24) is 14.8 Å². The molecule has 0 fully saturated rings. The van der Waals surface area contributed by atoms with E-state index in [0.29, 0.717) is 28.8 Å². The molecular formula is C19H17FN4S. The highest BCUT2D eigenvalue weighted by Gasteiger charge is 2.18. The molecule has 3 rings (SSSR count). The summed E-state index contributed by atoms with van der Waals surface area (Å²) < 4.78 is 16.1. The quantitative estimate of drug-likeness (QED) is 0.618. The van der Waals surface area contributed by atoms with E-state index in [4.69, 9.17) is 5.26 Å². The fraction of sp³-hybridized carbons (Fsp3) is 0.211. The maximum atomic E-state index is 14.2. The second kappa shape index (κ2) is 7.95. The van der Waals surface area contributed by atoms with Crippen LogP contribution in [-0.4, -0.2) is 20.5 Å². The minimum atomic E-state index is -0.328. The SMILES string of the molecule is C[C@H](C#N)CSc1nnc(-c2ccccc2F)n1Cc1ccccc1. The Labute approximate surface area is 150 Å². The number of hydrogen-bond acceptors (Lipinski definition) is 4. The highest BCUT2D eigenvalue weighted by molar-refractivity contribution is 7.99. The van der Waals surface area contributed by atoms with Gasteiger partial charge in [0.15, 0.2) is 11.0 Å². The van der Waals surface area contributed by atoms with Gasteiger partial charge in [-0.25, -0.2) is 4.39 Å². The minimum Gasteiger partial charge on any atom is -0.297 e. The van der Waals surface area contributed by atoms with Crippen molar-refractivity contribution in [2.45, 2.75) is 18.6 Å². The molecule has 0 unspecified atom stereocenters. The van der Waals surface area contributed by atoms with Crippen molar-refractivity contribution >= 4 is 11.8 Å². The summed E-state index contributed by atoms with van der Waals surface area (Å²) in [5.41, 5.74) is 1.50. The number of hydrogen-bond donors (Lipinski definition) is 0. The summed E-state index contributed by atoms with van der Waals surface area (Å²) in [5, 5.41) is 18.1. The van der Waals surface area contributed by atoms with Crippen molar-refractivity contribution in [2.75, 3.05) is 5.75 Å². The number of nitriles is 1. The lowest BCUT2D eigenvalue weighted by Crippen LogP contribution is -2.06. The Morgan fingerprint density at radius 2 is 1.84 bits per heavy atom. The van der Waals surface area contributed by atoms with E-state index < -0.39 is 0 Å². The second-order valence-electron chi connectivity index (χ2n) is 5.70. The largest absolute Gasteiger partial charge is 0.297 e. The van der Waals surface area contributed by atoms with Gasteiger partial charge in [-0.15, -0.1) is 10.2 Å². The molecule has 0 radical (unpaired) electrons. The normalized spacial score (nSPS) is 11.9. The van der Waals surface area contributed by atoms with Gasteiger partial charge in [-0.2, -0.15) is 5.26 Å². The molecular weight excluding hydrogens is 335 g/mol. The van der Waals surface area contributed by atoms with Crippen molar-refractivity contribution in [3.8, 4) is 17.5 Å². The van der Waals surface area contributed by atoms with Crippen LogP contribution in [0.5, 0.6) is 0 Å². The average molecular weight is 352 g/mol. The first kappa shape index (κ1) is 17.2. The maximum Gasteiger partial charge on any atom is 0.191 e. The monoisotopic (exact) mass is 352 g/mol. The molecule has 0 saturated heterocycles. The fourth-order valence-electron chi connectivity index (χ4n) is 2.38. The summed E-state index contributed by atoms with van der Waals surface area (Å²) in [6.07, 6.45) is 0. The van der Waals surface area contributed by atoms with Crippen LogP contribution in [0.4, 0.5) is 4.39 Å². The Morgan fingerprint density at radius 3 is 2.56 bits per heavy atom. The first-order chi connectivity index (χ1) is 12.2. The molecule has 3 aromatic rings. The molecule has 1 heterocycles. The minimum absolute atomic E-state index is 0.0937. The molecule has 4 nitrogen and oxygen atoms in total. The first-order valence-corrected chi connectivity index (χ1v) is 8.92. The molecule has 1 atom stereocenters. The highest BCUT2D eigenvalue weighted by Crippen LogP contribution is 2.27. The van der Waals surface area contributed by atoms with Gasteiger partial charge in [0, 0.05) is 5.75 Å². The van der Waals surface area contributed by atoms with E-state index in [1.165, 1.54) is 17.8 Å². The molecule has 126 valence electrons. The average Bonchev–Trinajstić information content (AvgIpc) is 3.03. The van der Waals surface area contributed by atoms with Crippen molar-refractivity contribution < 1.29 is 4.39 Å². The third-order valence-corrected chi connectivity index (χ3v) is 4.92. The van der Waals surface area contributed by atoms with Crippen LogP contribution in [0.25, 0.3) is 11.4 Å². The lowest BCUT2D eigenvalue weighted by atomic mass is 10.2. The third kappa shape index (κ3) is 4.06. The maximum absolute atomic E-state index is 14.2. The van der Waals surface area contributed by atoms with Crippen LogP contribution in [-0.2, 0) is 6.54 Å². The predicted octanol–water partition coefficient (Wildman–Crippen LogP) is 4.38. The van der Waals surface area contributed by atoms with E-state index in [1.807, 2.05) is 41.8 Å². The highest BCUT2D eigenvalue weighted by atomic mass is 32.2. The van der Waals surface area contributed by atoms with Crippen LogP contribution in [0.15, 0.2) is 59.8 Å². The third-order valence-electron chi connectivity index (χ3n) is 3.70. The molecule has 2 aromatic carbocycles. The Bertz CT molecular complexity index is 886. The van der Waals surface area contributed by atoms with E-state index in [1.54, 1.807) is 18.2 Å². The number of benzene rings is 2. The smallest absolute Gasteiger partial charge is 0.191 e. The summed E-state index contributed by atoms with van der Waals surface area (Å²) in [6.45, 7) is 2.41. The van der Waals surface area contributed by atoms with E-state index in [9.17, 15) is 4.39 Å². The number of aromatic nitrogens is 3. The molecule has 0 N–H and O–H groups in total. The molecule has 0 amide bonds. The molecule has 1 aromatic heterocycles. The van der Waals surface area contributed by atoms with Crippen LogP contribution in [0.2, 0.25) is 0 Å². The zero-order valence-electron chi connectivity index (χ0n) is 13.8. The first-order valence-electron chi connectivity index (χ1n) is 7.93. The van der Waals surface area contributed by atoms with Crippen LogP contribution < -0.4 is 0 Å². The summed E-state index contributed by atoms with van der Waals surface area (Å²) in [5.74, 6) is 0.685. The van der Waals surface area contributed by atoms with Crippen LogP contribution >= 0.6 is 11.8 Å². The Balaban J connectivity index is 1.99. The number of thioether (sulfide) groups is 1. The topological polar surface area (TPSA) is 54.5 Å². The van der Waals surface area contributed by atoms with Gasteiger partial charge in [0.1, 0.15) is 5.82 Å². The molecule has 0 bridgehead atoms. The van der Waals surface area contributed by atoms with Crippen molar-refractivity contribution in [3.63, 3.8) is 0 Å². The van der Waals surface area contributed by atoms with Crippen molar-refractivity contribution in [3.05, 3.63) is 66.0 Å². The van der Waals surface area contributed by atoms with E-state index in [-0.39, 0.29) is 11.7 Å². The summed E-state index contributed by atoms with van der Waals surface area (Å²) >= 11 is 1.46. The molecule has 0 aliphatic heterocycles. The predicted molar refractivity (Wildman–Crippen MR) is 96.5 cm³/mol. The van der Waals surface area contributed by atoms with Gasteiger partial charge in [0.05, 0.1) is 24.1 Å². The summed E-state index contributed by atoms with van der Waals surface area (Å²) in [7, 11) is 0. The second-order valence-corrected chi connectivity index (χ2v) is 6.69. The number of nitrogens with zero attached hydrogens (tertiary/aromatic N) is 4. The Hall–Kier alpha value is -2.65. The summed E-state index contributed by atoms with van der Waals surface area (Å²) in [4.78, 5) is 0. The molecule has 0 aliphatic rings. The molecule has 0 saturated carbocycles. The van der Waals surface area contributed by atoms with Crippen LogP contribution in [0.3, 0.4) is 0 Å². The standard InChI is InChI=1S/C19H17FN4S/c1-14(11-21)13-25-19-23-22-18(16-9-5-6-10-17(16)20)24(19)12-15-7-3-2-4-8-15/h2-10,14H,12-13H2,1H3/t14-/m1/s1. The lowest BCUT2D eigenvalue weighted by molar-refractivity contribution is 0.626. The van der Waals surface area contributed by atoms with Gasteiger partial charge in [-0.3, -0.25) is 4.57 Å². The zero-order valence-corrected chi connectivity index (χ0v) is 14.6. The van der Waals surface area contributed by atoms with Gasteiger partial charge in [-0.05, 0) is 24.6 Å². The molecule has 0 spiro atoms. The van der Waals surface area contributed by atoms with Crippen molar-refractivity contribution in [2.24, 2.45) is 5.92 Å². The van der Waals surface area contributed by atoms with Gasteiger partial charge < -0.3 is 0 Å². The van der Waals surface area contributed by atoms with Gasteiger partial charge in [-0.1, -0.05) is 54.2 Å². The Morgan fingerprint density at radius 1 is 1.12 bits per heavy atom. The lowest BCUT2D eigenvalue weighted by Gasteiger charge is -2.11. The van der Waals surface area contributed by atoms with Gasteiger partial charge in [0.2, 0.25) is 0 Å². The molecule has 25 heavy (non-hydrogen) atoms. The number of halogens is 1.